The highest BCUT2D eigenvalue weighted by atomic mass is 32.2. The quantitative estimate of drug-likeness (QED) is 0.486. The van der Waals surface area contributed by atoms with Crippen molar-refractivity contribution >= 4 is 23.4 Å². The van der Waals surface area contributed by atoms with Crippen LogP contribution < -0.4 is 0 Å². The number of hydrogen-bond donors (Lipinski definition) is 1. The average Bonchev–Trinajstić information content (AvgIpc) is 2.35. The molecule has 0 amide bonds. The SMILES string of the molecule is CCC(C)CSc1ccc(C(=O)O)c([N+](=O)[O-])c1. The van der Waals surface area contributed by atoms with E-state index in [4.69, 9.17) is 5.11 Å². The number of nitrogens with zero attached hydrogens (tertiary/aromatic N) is 1. The molecule has 0 aromatic heterocycles. The van der Waals surface area contributed by atoms with Gasteiger partial charge in [0, 0.05) is 16.7 Å². The third-order valence-electron chi connectivity index (χ3n) is 2.63. The first-order chi connectivity index (χ1) is 8.45. The molecule has 0 saturated carbocycles. The summed E-state index contributed by atoms with van der Waals surface area (Å²) in [4.78, 5) is 21.7. The van der Waals surface area contributed by atoms with E-state index >= 15 is 0 Å². The number of hydrogen-bond acceptors (Lipinski definition) is 4. The van der Waals surface area contributed by atoms with Crippen LogP contribution in [0.2, 0.25) is 0 Å². The van der Waals surface area contributed by atoms with Gasteiger partial charge in [-0.05, 0) is 18.1 Å². The van der Waals surface area contributed by atoms with Gasteiger partial charge in [-0.15, -0.1) is 11.8 Å². The van der Waals surface area contributed by atoms with E-state index in [1.165, 1.54) is 23.9 Å². The van der Waals surface area contributed by atoms with Crippen LogP contribution in [0.15, 0.2) is 23.1 Å². The Morgan fingerprint density at radius 3 is 2.72 bits per heavy atom. The van der Waals surface area contributed by atoms with Gasteiger partial charge in [0.25, 0.3) is 5.69 Å². The van der Waals surface area contributed by atoms with Crippen LogP contribution in [0.1, 0.15) is 30.6 Å². The molecule has 1 atom stereocenters. The zero-order valence-electron chi connectivity index (χ0n) is 10.3. The summed E-state index contributed by atoms with van der Waals surface area (Å²) in [5, 5.41) is 19.7. The summed E-state index contributed by atoms with van der Waals surface area (Å²) < 4.78 is 0. The summed E-state index contributed by atoms with van der Waals surface area (Å²) in [5.74, 6) is 0.105. The summed E-state index contributed by atoms with van der Waals surface area (Å²) >= 11 is 1.51. The van der Waals surface area contributed by atoms with Gasteiger partial charge >= 0.3 is 5.97 Å². The molecule has 1 rings (SSSR count). The Bertz CT molecular complexity index is 461. The van der Waals surface area contributed by atoms with E-state index in [9.17, 15) is 14.9 Å². The van der Waals surface area contributed by atoms with Crippen LogP contribution in [0, 0.1) is 16.0 Å². The zero-order chi connectivity index (χ0) is 13.7. The maximum Gasteiger partial charge on any atom is 0.342 e. The molecule has 18 heavy (non-hydrogen) atoms. The second-order valence-corrected chi connectivity index (χ2v) is 5.16. The number of nitro groups is 1. The largest absolute Gasteiger partial charge is 0.477 e. The fourth-order valence-electron chi connectivity index (χ4n) is 1.29. The molecule has 0 aliphatic rings. The first-order valence-electron chi connectivity index (χ1n) is 5.60. The first-order valence-corrected chi connectivity index (χ1v) is 6.58. The lowest BCUT2D eigenvalue weighted by Crippen LogP contribution is -2.03. The van der Waals surface area contributed by atoms with Crippen molar-refractivity contribution in [3.8, 4) is 0 Å². The topological polar surface area (TPSA) is 80.4 Å². The zero-order valence-corrected chi connectivity index (χ0v) is 11.1. The van der Waals surface area contributed by atoms with Crippen LogP contribution >= 0.6 is 11.8 Å². The van der Waals surface area contributed by atoms with Crippen molar-refractivity contribution in [2.75, 3.05) is 5.75 Å². The average molecular weight is 269 g/mol. The minimum atomic E-state index is -1.28. The number of carboxylic acids is 1. The normalized spacial score (nSPS) is 12.1. The Hall–Kier alpha value is -1.56. The van der Waals surface area contributed by atoms with Crippen LogP contribution in [0.4, 0.5) is 5.69 Å². The number of aromatic carboxylic acids is 1. The van der Waals surface area contributed by atoms with Gasteiger partial charge < -0.3 is 5.11 Å². The van der Waals surface area contributed by atoms with Gasteiger partial charge in [-0.25, -0.2) is 4.79 Å². The van der Waals surface area contributed by atoms with Gasteiger partial charge in [0.2, 0.25) is 0 Å². The molecule has 5 nitrogen and oxygen atoms in total. The molecule has 1 unspecified atom stereocenters. The standard InChI is InChI=1S/C12H15NO4S/c1-3-8(2)7-18-9-4-5-10(12(14)15)11(6-9)13(16)17/h4-6,8H,3,7H2,1-2H3,(H,14,15). The molecule has 0 heterocycles. The predicted molar refractivity (Wildman–Crippen MR) is 70.2 cm³/mol. The van der Waals surface area contributed by atoms with Crippen LogP contribution in [0.5, 0.6) is 0 Å². The summed E-state index contributed by atoms with van der Waals surface area (Å²) in [6, 6.07) is 4.24. The number of carbonyl (C=O) groups is 1. The molecular formula is C12H15NO4S. The lowest BCUT2D eigenvalue weighted by Gasteiger charge is -2.08. The van der Waals surface area contributed by atoms with Crippen molar-refractivity contribution in [2.24, 2.45) is 5.92 Å². The number of thioether (sulfide) groups is 1. The maximum absolute atomic E-state index is 10.8. The summed E-state index contributed by atoms with van der Waals surface area (Å²) in [7, 11) is 0. The second kappa shape index (κ2) is 6.39. The number of nitro benzene ring substituents is 1. The molecule has 98 valence electrons. The van der Waals surface area contributed by atoms with Gasteiger partial charge in [0.1, 0.15) is 5.56 Å². The van der Waals surface area contributed by atoms with E-state index in [1.807, 2.05) is 0 Å². The van der Waals surface area contributed by atoms with Crippen molar-refractivity contribution < 1.29 is 14.8 Å². The van der Waals surface area contributed by atoms with E-state index in [2.05, 4.69) is 13.8 Å². The third-order valence-corrected chi connectivity index (χ3v) is 3.95. The molecule has 0 bridgehead atoms. The van der Waals surface area contributed by atoms with Gasteiger partial charge in [-0.1, -0.05) is 20.3 Å². The van der Waals surface area contributed by atoms with E-state index in [-0.39, 0.29) is 11.3 Å². The van der Waals surface area contributed by atoms with Crippen molar-refractivity contribution in [1.82, 2.24) is 0 Å². The Balaban J connectivity index is 2.93. The molecule has 1 aromatic carbocycles. The summed E-state index contributed by atoms with van der Waals surface area (Å²) in [6.07, 6.45) is 1.04. The molecule has 0 spiro atoms. The van der Waals surface area contributed by atoms with Crippen molar-refractivity contribution in [3.05, 3.63) is 33.9 Å². The molecule has 0 aliphatic carbocycles. The van der Waals surface area contributed by atoms with Crippen LogP contribution in [0.3, 0.4) is 0 Å². The number of rotatable bonds is 6. The van der Waals surface area contributed by atoms with E-state index < -0.39 is 10.9 Å². The van der Waals surface area contributed by atoms with Crippen molar-refractivity contribution in [1.29, 1.82) is 0 Å². The lowest BCUT2D eigenvalue weighted by atomic mass is 10.2. The fraction of sp³-hybridized carbons (Fsp3) is 0.417. The second-order valence-electron chi connectivity index (χ2n) is 4.07. The molecule has 1 N–H and O–H groups in total. The third kappa shape index (κ3) is 3.73. The Morgan fingerprint density at radius 2 is 2.22 bits per heavy atom. The maximum atomic E-state index is 10.8. The molecule has 0 saturated heterocycles. The number of benzene rings is 1. The van der Waals surface area contributed by atoms with E-state index in [0.717, 1.165) is 17.1 Å². The van der Waals surface area contributed by atoms with Gasteiger partial charge in [0.15, 0.2) is 0 Å². The monoisotopic (exact) mass is 269 g/mol. The van der Waals surface area contributed by atoms with Gasteiger partial charge in [-0.2, -0.15) is 0 Å². The van der Waals surface area contributed by atoms with Crippen molar-refractivity contribution in [3.63, 3.8) is 0 Å². The highest BCUT2D eigenvalue weighted by Gasteiger charge is 2.20. The lowest BCUT2D eigenvalue weighted by molar-refractivity contribution is -0.385. The van der Waals surface area contributed by atoms with Crippen LogP contribution in [-0.4, -0.2) is 21.8 Å². The Labute approximate surface area is 109 Å². The highest BCUT2D eigenvalue weighted by Crippen LogP contribution is 2.28. The number of carboxylic acid groups (broad SMARTS) is 1. The van der Waals surface area contributed by atoms with E-state index in [1.54, 1.807) is 6.07 Å². The van der Waals surface area contributed by atoms with E-state index in [0.29, 0.717) is 5.92 Å². The minimum absolute atomic E-state index is 0.270. The summed E-state index contributed by atoms with van der Waals surface area (Å²) in [6.45, 7) is 4.19. The molecular weight excluding hydrogens is 254 g/mol. The Morgan fingerprint density at radius 1 is 1.56 bits per heavy atom. The summed E-state index contributed by atoms with van der Waals surface area (Å²) in [5.41, 5.74) is -0.621. The fourth-order valence-corrected chi connectivity index (χ4v) is 2.36. The van der Waals surface area contributed by atoms with Crippen LogP contribution in [-0.2, 0) is 0 Å². The van der Waals surface area contributed by atoms with Gasteiger partial charge in [-0.3, -0.25) is 10.1 Å². The predicted octanol–water partition coefficient (Wildman–Crippen LogP) is 3.43. The smallest absolute Gasteiger partial charge is 0.342 e. The van der Waals surface area contributed by atoms with Crippen LogP contribution in [0.25, 0.3) is 0 Å². The Kier molecular flexibility index (Phi) is 5.15. The molecule has 6 heteroatoms. The molecule has 0 radical (unpaired) electrons. The molecule has 0 fully saturated rings. The minimum Gasteiger partial charge on any atom is -0.477 e. The highest BCUT2D eigenvalue weighted by molar-refractivity contribution is 7.99. The van der Waals surface area contributed by atoms with Crippen molar-refractivity contribution in [2.45, 2.75) is 25.2 Å². The molecule has 1 aromatic rings. The molecule has 0 aliphatic heterocycles. The van der Waals surface area contributed by atoms with Gasteiger partial charge in [0.05, 0.1) is 4.92 Å². The first kappa shape index (κ1) is 14.5.